The number of terminal acetylenes is 1. The molecule has 3 nitrogen and oxygen atoms in total. The van der Waals surface area contributed by atoms with Gasteiger partial charge in [-0.25, -0.2) is 9.97 Å². The number of hydrogen-bond acceptors (Lipinski definition) is 3. The standard InChI is InChI=1S/C9H11N3/c1-3-8(2)12-7-9-10-5-4-6-11-9/h1,4-6,8,12H,7H2,2H3. The summed E-state index contributed by atoms with van der Waals surface area (Å²) in [6.45, 7) is 2.54. The maximum absolute atomic E-state index is 5.18. The first kappa shape index (κ1) is 8.69. The summed E-state index contributed by atoms with van der Waals surface area (Å²) in [4.78, 5) is 8.09. The second kappa shape index (κ2) is 4.47. The molecule has 0 saturated carbocycles. The Hall–Kier alpha value is -1.40. The zero-order valence-corrected chi connectivity index (χ0v) is 6.99. The van der Waals surface area contributed by atoms with Crippen molar-refractivity contribution in [2.45, 2.75) is 19.5 Å². The summed E-state index contributed by atoms with van der Waals surface area (Å²) in [5, 5.41) is 3.09. The smallest absolute Gasteiger partial charge is 0.141 e. The molecule has 3 heteroatoms. The zero-order chi connectivity index (χ0) is 8.81. The van der Waals surface area contributed by atoms with E-state index in [0.29, 0.717) is 6.54 Å². The molecule has 1 rings (SSSR count). The van der Waals surface area contributed by atoms with Gasteiger partial charge in [0.1, 0.15) is 5.82 Å². The first-order valence-corrected chi connectivity index (χ1v) is 3.78. The van der Waals surface area contributed by atoms with Gasteiger partial charge in [0.05, 0.1) is 12.6 Å². The molecule has 0 aromatic carbocycles. The molecule has 0 aliphatic heterocycles. The fourth-order valence-electron chi connectivity index (χ4n) is 0.725. The molecule has 12 heavy (non-hydrogen) atoms. The maximum Gasteiger partial charge on any atom is 0.141 e. The molecule has 0 bridgehead atoms. The Balaban J connectivity index is 2.40. The summed E-state index contributed by atoms with van der Waals surface area (Å²) in [6, 6.07) is 1.85. The first-order valence-electron chi connectivity index (χ1n) is 3.78. The van der Waals surface area contributed by atoms with E-state index < -0.39 is 0 Å². The molecule has 0 saturated heterocycles. The van der Waals surface area contributed by atoms with Gasteiger partial charge in [-0.15, -0.1) is 6.42 Å². The molecule has 0 spiro atoms. The van der Waals surface area contributed by atoms with Crippen molar-refractivity contribution in [3.63, 3.8) is 0 Å². The maximum atomic E-state index is 5.18. The number of nitrogens with zero attached hydrogens (tertiary/aromatic N) is 2. The Bertz CT molecular complexity index is 263. The number of aromatic nitrogens is 2. The lowest BCUT2D eigenvalue weighted by Gasteiger charge is -2.04. The van der Waals surface area contributed by atoms with Crippen molar-refractivity contribution < 1.29 is 0 Å². The van der Waals surface area contributed by atoms with Gasteiger partial charge in [-0.2, -0.15) is 0 Å². The molecule has 0 aliphatic rings. The molecule has 1 unspecified atom stereocenters. The Morgan fingerprint density at radius 2 is 2.25 bits per heavy atom. The molecule has 62 valence electrons. The second-order valence-electron chi connectivity index (χ2n) is 2.43. The molecule has 0 amide bonds. The van der Waals surface area contributed by atoms with Gasteiger partial charge in [0.15, 0.2) is 0 Å². The van der Waals surface area contributed by atoms with Crippen LogP contribution >= 0.6 is 0 Å². The van der Waals surface area contributed by atoms with Crippen LogP contribution in [0.2, 0.25) is 0 Å². The lowest BCUT2D eigenvalue weighted by Crippen LogP contribution is -2.24. The monoisotopic (exact) mass is 161 g/mol. The topological polar surface area (TPSA) is 37.8 Å². The van der Waals surface area contributed by atoms with Crippen molar-refractivity contribution in [1.29, 1.82) is 0 Å². The minimum absolute atomic E-state index is 0.0637. The average molecular weight is 161 g/mol. The van der Waals surface area contributed by atoms with Crippen LogP contribution in [0.5, 0.6) is 0 Å². The van der Waals surface area contributed by atoms with E-state index in [0.717, 1.165) is 5.82 Å². The third kappa shape index (κ3) is 2.69. The van der Waals surface area contributed by atoms with E-state index in [1.165, 1.54) is 0 Å². The Kier molecular flexibility index (Phi) is 3.24. The molecule has 1 atom stereocenters. The highest BCUT2D eigenvalue weighted by Gasteiger charge is 1.96. The van der Waals surface area contributed by atoms with Gasteiger partial charge in [-0.1, -0.05) is 5.92 Å². The Labute approximate surface area is 72.2 Å². The molecular formula is C9H11N3. The molecule has 1 heterocycles. The van der Waals surface area contributed by atoms with E-state index in [1.807, 2.05) is 6.92 Å². The van der Waals surface area contributed by atoms with Gasteiger partial charge in [-0.3, -0.25) is 5.32 Å². The SMILES string of the molecule is C#CC(C)NCc1ncccn1. The number of hydrogen-bond donors (Lipinski definition) is 1. The quantitative estimate of drug-likeness (QED) is 0.659. The van der Waals surface area contributed by atoms with E-state index >= 15 is 0 Å². The van der Waals surface area contributed by atoms with Gasteiger partial charge in [0.2, 0.25) is 0 Å². The molecule has 0 aliphatic carbocycles. The van der Waals surface area contributed by atoms with Crippen molar-refractivity contribution in [3.8, 4) is 12.3 Å². The molecular weight excluding hydrogens is 150 g/mol. The fraction of sp³-hybridized carbons (Fsp3) is 0.333. The van der Waals surface area contributed by atoms with Crippen molar-refractivity contribution >= 4 is 0 Å². The van der Waals surface area contributed by atoms with Crippen LogP contribution < -0.4 is 5.32 Å². The lowest BCUT2D eigenvalue weighted by atomic mass is 10.3. The highest BCUT2D eigenvalue weighted by atomic mass is 15.0. The van der Waals surface area contributed by atoms with Gasteiger partial charge < -0.3 is 0 Å². The van der Waals surface area contributed by atoms with Crippen LogP contribution in [0.15, 0.2) is 18.5 Å². The lowest BCUT2D eigenvalue weighted by molar-refractivity contribution is 0.624. The largest absolute Gasteiger partial charge is 0.297 e. The zero-order valence-electron chi connectivity index (χ0n) is 6.99. The minimum atomic E-state index is 0.0637. The van der Waals surface area contributed by atoms with Crippen molar-refractivity contribution in [3.05, 3.63) is 24.3 Å². The van der Waals surface area contributed by atoms with Crippen LogP contribution in [0, 0.1) is 12.3 Å². The van der Waals surface area contributed by atoms with Crippen molar-refractivity contribution in [1.82, 2.24) is 15.3 Å². The molecule has 0 radical (unpaired) electrons. The molecule has 1 N–H and O–H groups in total. The van der Waals surface area contributed by atoms with Gasteiger partial charge in [-0.05, 0) is 13.0 Å². The predicted octanol–water partition coefficient (Wildman–Crippen LogP) is 0.588. The normalized spacial score (nSPS) is 12.0. The highest BCUT2D eigenvalue weighted by molar-refractivity contribution is 4.97. The van der Waals surface area contributed by atoms with E-state index in [2.05, 4.69) is 21.2 Å². The summed E-state index contributed by atoms with van der Waals surface area (Å²) in [5.41, 5.74) is 0. The summed E-state index contributed by atoms with van der Waals surface area (Å²) in [5.74, 6) is 3.33. The van der Waals surface area contributed by atoms with Crippen LogP contribution in [0.25, 0.3) is 0 Å². The summed E-state index contributed by atoms with van der Waals surface area (Å²) >= 11 is 0. The van der Waals surface area contributed by atoms with E-state index in [4.69, 9.17) is 6.42 Å². The second-order valence-corrected chi connectivity index (χ2v) is 2.43. The number of rotatable bonds is 3. The average Bonchev–Trinajstić information content (AvgIpc) is 2.16. The van der Waals surface area contributed by atoms with E-state index in [-0.39, 0.29) is 6.04 Å². The van der Waals surface area contributed by atoms with E-state index in [1.54, 1.807) is 18.5 Å². The summed E-state index contributed by atoms with van der Waals surface area (Å²) < 4.78 is 0. The van der Waals surface area contributed by atoms with Crippen molar-refractivity contribution in [2.24, 2.45) is 0 Å². The van der Waals surface area contributed by atoms with Gasteiger partial charge >= 0.3 is 0 Å². The molecule has 1 aromatic heterocycles. The van der Waals surface area contributed by atoms with Gasteiger partial charge in [0.25, 0.3) is 0 Å². The van der Waals surface area contributed by atoms with Crippen LogP contribution in [0.4, 0.5) is 0 Å². The third-order valence-electron chi connectivity index (χ3n) is 1.44. The van der Waals surface area contributed by atoms with Gasteiger partial charge in [0, 0.05) is 12.4 Å². The van der Waals surface area contributed by atoms with E-state index in [9.17, 15) is 0 Å². The fourth-order valence-corrected chi connectivity index (χ4v) is 0.725. The van der Waals surface area contributed by atoms with Crippen LogP contribution in [-0.4, -0.2) is 16.0 Å². The van der Waals surface area contributed by atoms with Crippen molar-refractivity contribution in [2.75, 3.05) is 0 Å². The summed E-state index contributed by atoms with van der Waals surface area (Å²) in [6.07, 6.45) is 8.61. The molecule has 0 fully saturated rings. The third-order valence-corrected chi connectivity index (χ3v) is 1.44. The predicted molar refractivity (Wildman–Crippen MR) is 47.2 cm³/mol. The van der Waals surface area contributed by atoms with Crippen LogP contribution in [-0.2, 0) is 6.54 Å². The minimum Gasteiger partial charge on any atom is -0.297 e. The Morgan fingerprint density at radius 1 is 1.58 bits per heavy atom. The van der Waals surface area contributed by atoms with Crippen LogP contribution in [0.1, 0.15) is 12.7 Å². The highest BCUT2D eigenvalue weighted by Crippen LogP contribution is 1.87. The number of nitrogens with one attached hydrogen (secondary N) is 1. The van der Waals surface area contributed by atoms with Crippen LogP contribution in [0.3, 0.4) is 0 Å². The Morgan fingerprint density at radius 3 is 2.83 bits per heavy atom. The molecule has 1 aromatic rings. The first-order chi connectivity index (χ1) is 5.83. The summed E-state index contributed by atoms with van der Waals surface area (Å²) in [7, 11) is 0.